The summed E-state index contributed by atoms with van der Waals surface area (Å²) in [7, 11) is 3.50. The fraction of sp³-hybridized carbons (Fsp3) is 0.579. The molecule has 1 atom stereocenters. The highest BCUT2D eigenvalue weighted by atomic mass is 127. The molecule has 1 saturated heterocycles. The van der Waals surface area contributed by atoms with Crippen LogP contribution in [0.3, 0.4) is 0 Å². The highest BCUT2D eigenvalue weighted by Gasteiger charge is 2.16. The summed E-state index contributed by atoms with van der Waals surface area (Å²) in [6.07, 6.45) is 2.05. The molecule has 1 aromatic carbocycles. The number of aryl methyl sites for hydroxylation is 1. The zero-order valence-electron chi connectivity index (χ0n) is 16.0. The second-order valence-corrected chi connectivity index (χ2v) is 6.54. The monoisotopic (exact) mass is 474 g/mol. The molecule has 1 aromatic rings. The first-order chi connectivity index (χ1) is 12.1. The molecule has 1 heterocycles. The SMILES string of the molecule is CCc1ccccc1CN=C(NCC(=O)N(C)C)NCC1CCOC1.I. The predicted octanol–water partition coefficient (Wildman–Crippen LogP) is 2.03. The van der Waals surface area contributed by atoms with Crippen LogP contribution in [-0.4, -0.2) is 57.2 Å². The van der Waals surface area contributed by atoms with E-state index < -0.39 is 0 Å². The van der Waals surface area contributed by atoms with E-state index in [-0.39, 0.29) is 36.4 Å². The quantitative estimate of drug-likeness (QED) is 0.361. The molecule has 0 aromatic heterocycles. The van der Waals surface area contributed by atoms with Gasteiger partial charge < -0.3 is 20.3 Å². The highest BCUT2D eigenvalue weighted by molar-refractivity contribution is 14.0. The minimum Gasteiger partial charge on any atom is -0.381 e. The lowest BCUT2D eigenvalue weighted by molar-refractivity contribution is -0.127. The van der Waals surface area contributed by atoms with Crippen molar-refractivity contribution in [3.8, 4) is 0 Å². The normalized spacial score (nSPS) is 16.7. The van der Waals surface area contributed by atoms with Gasteiger partial charge in [-0.05, 0) is 24.0 Å². The van der Waals surface area contributed by atoms with Gasteiger partial charge in [0.1, 0.15) is 0 Å². The molecule has 0 spiro atoms. The standard InChI is InChI=1S/C19H30N4O2.HI/c1-4-16-7-5-6-8-17(16)12-21-19(22-13-18(24)23(2)3)20-11-15-9-10-25-14-15;/h5-8,15H,4,9-14H2,1-3H3,(H2,20,21,22);1H. The second-order valence-electron chi connectivity index (χ2n) is 6.54. The van der Waals surface area contributed by atoms with Crippen LogP contribution >= 0.6 is 24.0 Å². The molecule has 1 aliphatic heterocycles. The Labute approximate surface area is 173 Å². The number of hydrogen-bond donors (Lipinski definition) is 2. The van der Waals surface area contributed by atoms with E-state index in [4.69, 9.17) is 4.74 Å². The predicted molar refractivity (Wildman–Crippen MR) is 116 cm³/mol. The van der Waals surface area contributed by atoms with Crippen LogP contribution in [0, 0.1) is 5.92 Å². The molecule has 0 saturated carbocycles. The second kappa shape index (κ2) is 12.1. The summed E-state index contributed by atoms with van der Waals surface area (Å²) in [5.74, 6) is 1.19. The molecular weight excluding hydrogens is 443 g/mol. The molecule has 2 rings (SSSR count). The maximum Gasteiger partial charge on any atom is 0.241 e. The third-order valence-corrected chi connectivity index (χ3v) is 4.39. The van der Waals surface area contributed by atoms with E-state index in [1.54, 1.807) is 19.0 Å². The Morgan fingerprint density at radius 1 is 1.27 bits per heavy atom. The van der Waals surface area contributed by atoms with Gasteiger partial charge in [-0.3, -0.25) is 4.79 Å². The van der Waals surface area contributed by atoms with Gasteiger partial charge in [0.05, 0.1) is 19.7 Å². The van der Waals surface area contributed by atoms with Gasteiger partial charge >= 0.3 is 0 Å². The number of amides is 1. The van der Waals surface area contributed by atoms with Crippen molar-refractivity contribution < 1.29 is 9.53 Å². The van der Waals surface area contributed by atoms with E-state index >= 15 is 0 Å². The molecule has 1 fully saturated rings. The molecular formula is C19H31IN4O2. The van der Waals surface area contributed by atoms with Crippen molar-refractivity contribution in [1.82, 2.24) is 15.5 Å². The lowest BCUT2D eigenvalue weighted by atomic mass is 10.1. The van der Waals surface area contributed by atoms with E-state index in [1.165, 1.54) is 11.1 Å². The molecule has 1 unspecified atom stereocenters. The van der Waals surface area contributed by atoms with Crippen LogP contribution in [0.4, 0.5) is 0 Å². The number of carbonyl (C=O) groups excluding carboxylic acids is 1. The van der Waals surface area contributed by atoms with Crippen LogP contribution in [0.2, 0.25) is 0 Å². The molecule has 0 bridgehead atoms. The smallest absolute Gasteiger partial charge is 0.241 e. The van der Waals surface area contributed by atoms with Crippen molar-refractivity contribution in [3.05, 3.63) is 35.4 Å². The Morgan fingerprint density at radius 3 is 2.62 bits per heavy atom. The van der Waals surface area contributed by atoms with Gasteiger partial charge in [0.25, 0.3) is 0 Å². The maximum atomic E-state index is 11.8. The van der Waals surface area contributed by atoms with Crippen molar-refractivity contribution in [1.29, 1.82) is 0 Å². The molecule has 0 radical (unpaired) electrons. The molecule has 1 amide bonds. The van der Waals surface area contributed by atoms with E-state index in [9.17, 15) is 4.79 Å². The van der Waals surface area contributed by atoms with Crippen molar-refractivity contribution in [2.45, 2.75) is 26.3 Å². The van der Waals surface area contributed by atoms with Gasteiger partial charge in [0, 0.05) is 33.2 Å². The van der Waals surface area contributed by atoms with Crippen molar-refractivity contribution in [3.63, 3.8) is 0 Å². The van der Waals surface area contributed by atoms with E-state index in [0.29, 0.717) is 18.4 Å². The zero-order valence-corrected chi connectivity index (χ0v) is 18.3. The van der Waals surface area contributed by atoms with Gasteiger partial charge in [-0.25, -0.2) is 4.99 Å². The number of aliphatic imine (C=N–C) groups is 1. The number of nitrogens with one attached hydrogen (secondary N) is 2. The fourth-order valence-corrected chi connectivity index (χ4v) is 2.70. The average Bonchev–Trinajstić information content (AvgIpc) is 3.14. The first kappa shape index (κ1) is 22.7. The van der Waals surface area contributed by atoms with Crippen LogP contribution in [0.15, 0.2) is 29.3 Å². The third-order valence-electron chi connectivity index (χ3n) is 4.39. The van der Waals surface area contributed by atoms with Gasteiger partial charge in [0.15, 0.2) is 5.96 Å². The molecule has 2 N–H and O–H groups in total. The summed E-state index contributed by atoms with van der Waals surface area (Å²) in [6, 6.07) is 8.34. The number of guanidine groups is 1. The van der Waals surface area contributed by atoms with Gasteiger partial charge in [-0.15, -0.1) is 24.0 Å². The minimum absolute atomic E-state index is 0. The number of benzene rings is 1. The molecule has 6 nitrogen and oxygen atoms in total. The molecule has 7 heteroatoms. The van der Waals surface area contributed by atoms with E-state index in [0.717, 1.165) is 32.6 Å². The first-order valence-corrected chi connectivity index (χ1v) is 8.97. The molecule has 0 aliphatic carbocycles. The first-order valence-electron chi connectivity index (χ1n) is 8.97. The number of hydrogen-bond acceptors (Lipinski definition) is 3. The molecule has 1 aliphatic rings. The fourth-order valence-electron chi connectivity index (χ4n) is 2.70. The Kier molecular flexibility index (Phi) is 10.6. The van der Waals surface area contributed by atoms with Crippen LogP contribution in [0.1, 0.15) is 24.5 Å². The van der Waals surface area contributed by atoms with Gasteiger partial charge in [-0.2, -0.15) is 0 Å². The van der Waals surface area contributed by atoms with Gasteiger partial charge in [-0.1, -0.05) is 31.2 Å². The molecule has 146 valence electrons. The summed E-state index contributed by atoms with van der Waals surface area (Å²) in [5, 5.41) is 6.49. The Bertz CT molecular complexity index is 587. The summed E-state index contributed by atoms with van der Waals surface area (Å²) in [5.41, 5.74) is 2.52. The summed E-state index contributed by atoms with van der Waals surface area (Å²) in [4.78, 5) is 18.1. The van der Waals surface area contributed by atoms with Crippen LogP contribution < -0.4 is 10.6 Å². The topological polar surface area (TPSA) is 66.0 Å². The lowest BCUT2D eigenvalue weighted by Crippen LogP contribution is -2.44. The summed E-state index contributed by atoms with van der Waals surface area (Å²) >= 11 is 0. The summed E-state index contributed by atoms with van der Waals surface area (Å²) < 4.78 is 5.42. The van der Waals surface area contributed by atoms with Gasteiger partial charge in [0.2, 0.25) is 5.91 Å². The lowest BCUT2D eigenvalue weighted by Gasteiger charge is -2.17. The Balaban J connectivity index is 0.00000338. The third kappa shape index (κ3) is 7.49. The summed E-state index contributed by atoms with van der Waals surface area (Å²) in [6.45, 7) is 5.39. The van der Waals surface area contributed by atoms with Crippen molar-refractivity contribution in [2.24, 2.45) is 10.9 Å². The minimum atomic E-state index is 0. The highest BCUT2D eigenvalue weighted by Crippen LogP contribution is 2.12. The largest absolute Gasteiger partial charge is 0.381 e. The molecule has 26 heavy (non-hydrogen) atoms. The van der Waals surface area contributed by atoms with Crippen molar-refractivity contribution in [2.75, 3.05) is 40.4 Å². The number of carbonyl (C=O) groups is 1. The number of ether oxygens (including phenoxy) is 1. The number of likely N-dealkylation sites (N-methyl/N-ethyl adjacent to an activating group) is 1. The van der Waals surface area contributed by atoms with E-state index in [1.807, 2.05) is 6.07 Å². The average molecular weight is 474 g/mol. The Morgan fingerprint density at radius 2 is 2.00 bits per heavy atom. The van der Waals surface area contributed by atoms with Crippen LogP contribution in [-0.2, 0) is 22.5 Å². The number of nitrogens with zero attached hydrogens (tertiary/aromatic N) is 2. The van der Waals surface area contributed by atoms with Crippen molar-refractivity contribution >= 4 is 35.8 Å². The zero-order chi connectivity index (χ0) is 18.1. The Hall–Kier alpha value is -1.35. The van der Waals surface area contributed by atoms with Crippen LogP contribution in [0.5, 0.6) is 0 Å². The maximum absolute atomic E-state index is 11.8. The van der Waals surface area contributed by atoms with Crippen LogP contribution in [0.25, 0.3) is 0 Å². The number of halogens is 1. The van der Waals surface area contributed by atoms with E-state index in [2.05, 4.69) is 40.7 Å². The number of rotatable bonds is 7.